The van der Waals surface area contributed by atoms with E-state index in [0.29, 0.717) is 0 Å². The molecule has 0 bridgehead atoms. The Bertz CT molecular complexity index is 5320. The monoisotopic (exact) mass is 1130 g/mol. The maximum Gasteiger partial charge on any atom is 0.0708 e. The van der Waals surface area contributed by atoms with E-state index in [2.05, 4.69) is 258 Å². The quantitative estimate of drug-likeness (QED) is 0.137. The predicted octanol–water partition coefficient (Wildman–Crippen LogP) is 21.3. The van der Waals surface area contributed by atoms with Crippen molar-refractivity contribution in [2.24, 2.45) is 4.99 Å². The lowest BCUT2D eigenvalue weighted by Crippen LogP contribution is -1.95. The number of nitrogens with zero attached hydrogens (tertiary/aromatic N) is 6. The van der Waals surface area contributed by atoms with Gasteiger partial charge in [-0.2, -0.15) is 0 Å². The molecule has 0 saturated heterocycles. The van der Waals surface area contributed by atoms with Crippen molar-refractivity contribution in [1.29, 1.82) is 0 Å². The van der Waals surface area contributed by atoms with E-state index < -0.39 is 0 Å². The molecule has 10 aromatic carbocycles. The van der Waals surface area contributed by atoms with Gasteiger partial charge in [0.15, 0.2) is 0 Å². The van der Waals surface area contributed by atoms with Crippen molar-refractivity contribution in [3.8, 4) is 89.7 Å². The van der Waals surface area contributed by atoms with Crippen LogP contribution in [0.15, 0.2) is 291 Å². The number of thiophene rings is 1. The molecule has 0 radical (unpaired) electrons. The molecule has 16 aromatic rings. The maximum atomic E-state index is 4.88. The van der Waals surface area contributed by atoms with Gasteiger partial charge < -0.3 is 9.13 Å². The van der Waals surface area contributed by atoms with Crippen molar-refractivity contribution in [3.63, 3.8) is 0 Å². The summed E-state index contributed by atoms with van der Waals surface area (Å²) in [6.45, 7) is 0. The van der Waals surface area contributed by atoms with Gasteiger partial charge in [0.25, 0.3) is 0 Å². The highest BCUT2D eigenvalue weighted by Crippen LogP contribution is 2.45. The van der Waals surface area contributed by atoms with Crippen LogP contribution in [0.2, 0.25) is 0 Å². The minimum absolute atomic E-state index is 0.948. The fourth-order valence-corrected chi connectivity index (χ4v) is 14.5. The van der Waals surface area contributed by atoms with Gasteiger partial charge in [0, 0.05) is 100 Å². The zero-order chi connectivity index (χ0) is 57.4. The first kappa shape index (κ1) is 50.4. The molecular formula is C80H52N6S. The van der Waals surface area contributed by atoms with Gasteiger partial charge in [0.2, 0.25) is 0 Å². The molecule has 0 aliphatic carbocycles. The molecule has 0 spiro atoms. The number of pyridine rings is 3. The minimum Gasteiger partial charge on any atom is -0.309 e. The van der Waals surface area contributed by atoms with E-state index in [1.165, 1.54) is 47.3 Å². The third-order valence-corrected chi connectivity index (χ3v) is 18.5. The molecule has 0 atom stereocenters. The Labute approximate surface area is 506 Å². The van der Waals surface area contributed by atoms with Crippen LogP contribution >= 0.6 is 11.3 Å². The van der Waals surface area contributed by atoms with Gasteiger partial charge in [-0.1, -0.05) is 146 Å². The third-order valence-electron chi connectivity index (χ3n) is 17.4. The van der Waals surface area contributed by atoms with Crippen molar-refractivity contribution in [1.82, 2.24) is 24.1 Å². The van der Waals surface area contributed by atoms with Gasteiger partial charge in [-0.3, -0.25) is 19.9 Å². The Morgan fingerprint density at radius 3 is 0.977 bits per heavy atom. The molecule has 7 heterocycles. The van der Waals surface area contributed by atoms with Gasteiger partial charge >= 0.3 is 0 Å². The molecule has 7 heteroatoms. The average Bonchev–Trinajstić information content (AvgIpc) is 1.70. The molecule has 17 rings (SSSR count). The molecular weight excluding hydrogens is 1080 g/mol. The minimum atomic E-state index is 0.948. The smallest absolute Gasteiger partial charge is 0.0708 e. The van der Waals surface area contributed by atoms with E-state index in [-0.39, 0.29) is 0 Å². The Morgan fingerprint density at radius 1 is 0.287 bits per heavy atom. The molecule has 0 saturated carbocycles. The van der Waals surface area contributed by atoms with Crippen LogP contribution in [0, 0.1) is 0 Å². The second-order valence-electron chi connectivity index (χ2n) is 22.4. The van der Waals surface area contributed by atoms with E-state index in [4.69, 9.17) is 19.9 Å². The number of aromatic nitrogens is 5. The van der Waals surface area contributed by atoms with Crippen LogP contribution in [0.4, 0.5) is 0 Å². The van der Waals surface area contributed by atoms with Gasteiger partial charge in [-0.15, -0.1) is 11.3 Å². The summed E-state index contributed by atoms with van der Waals surface area (Å²) < 4.78 is 7.42. The second-order valence-corrected chi connectivity index (χ2v) is 23.5. The first-order valence-electron chi connectivity index (χ1n) is 29.6. The van der Waals surface area contributed by atoms with Crippen molar-refractivity contribution in [2.75, 3.05) is 0 Å². The number of benzene rings is 10. The summed E-state index contributed by atoms with van der Waals surface area (Å²) in [7, 11) is 0. The molecule has 1 aliphatic rings. The Hall–Kier alpha value is -11.1. The van der Waals surface area contributed by atoms with Gasteiger partial charge in [-0.05, 0) is 179 Å². The largest absolute Gasteiger partial charge is 0.309 e. The first-order chi connectivity index (χ1) is 43.1. The highest BCUT2D eigenvalue weighted by molar-refractivity contribution is 7.25. The zero-order valence-electron chi connectivity index (χ0n) is 47.2. The topological polar surface area (TPSA) is 60.9 Å². The molecule has 0 amide bonds. The summed E-state index contributed by atoms with van der Waals surface area (Å²) in [5, 5.41) is 7.16. The van der Waals surface area contributed by atoms with Crippen LogP contribution in [0.3, 0.4) is 0 Å². The van der Waals surface area contributed by atoms with Crippen molar-refractivity contribution in [2.45, 2.75) is 12.8 Å². The SMILES string of the molecule is C1=NC(c2ccccc2-c2ccc3c(c2)c2cc(-c4ccccc4-c4ccccn4)ccc2n3-c2ccc3sc4ccc(-n5c6ccc(-c7ccccc7-c7ccccn7)cc6c6cc(-c7ccccc7-c7ccccn7)ccc65)cc4c3c2)=CCC1. The van der Waals surface area contributed by atoms with Gasteiger partial charge in [-0.25, -0.2) is 0 Å². The summed E-state index contributed by atoms with van der Waals surface area (Å²) in [4.78, 5) is 19.3. The van der Waals surface area contributed by atoms with Crippen LogP contribution in [-0.2, 0) is 0 Å². The standard InChI is InChI=1S/C80H52N6S/c1-5-21-61(71-25-9-13-41-81-71)57(17-1)51-29-35-75-65(45-51)66-46-52(58-18-2-6-22-62(58)72-26-10-14-42-82-72)30-36-76(66)85(75)55-33-39-79-69(49-55)70-50-56(34-40-80(70)87-79)86-77-37-31-53(59-19-3-7-23-63(59)73-27-11-15-43-83-73)47-67(77)68-48-54(32-38-78(68)86)60-20-4-8-24-64(60)74-28-12-16-44-84-74/h1-11,13-15,17-50H,12,16H2. The fourth-order valence-electron chi connectivity index (χ4n) is 13.4. The molecule has 408 valence electrons. The summed E-state index contributed by atoms with van der Waals surface area (Å²) in [6.07, 6.45) is 11.9. The Balaban J connectivity index is 0.846. The molecule has 0 fully saturated rings. The highest BCUT2D eigenvalue weighted by atomic mass is 32.1. The summed E-state index contributed by atoms with van der Waals surface area (Å²) in [5.41, 5.74) is 24.3. The van der Waals surface area contributed by atoms with Crippen LogP contribution in [0.5, 0.6) is 0 Å². The molecule has 0 N–H and O–H groups in total. The normalized spacial score (nSPS) is 12.5. The number of hydrogen-bond donors (Lipinski definition) is 0. The first-order valence-corrected chi connectivity index (χ1v) is 30.5. The van der Waals surface area contributed by atoms with Crippen molar-refractivity contribution in [3.05, 3.63) is 291 Å². The zero-order valence-corrected chi connectivity index (χ0v) is 48.0. The molecule has 1 aliphatic heterocycles. The highest BCUT2D eigenvalue weighted by Gasteiger charge is 2.22. The lowest BCUT2D eigenvalue weighted by Gasteiger charge is -2.13. The lowest BCUT2D eigenvalue weighted by atomic mass is 9.94. The number of rotatable bonds is 10. The van der Waals surface area contributed by atoms with Gasteiger partial charge in [0.1, 0.15) is 0 Å². The number of aliphatic imine (C=N–C) groups is 1. The van der Waals surface area contributed by atoms with Crippen molar-refractivity contribution < 1.29 is 0 Å². The summed E-state index contributed by atoms with van der Waals surface area (Å²) >= 11 is 1.85. The van der Waals surface area contributed by atoms with E-state index in [0.717, 1.165) is 130 Å². The van der Waals surface area contributed by atoms with Crippen molar-refractivity contribution >= 4 is 87.0 Å². The average molecular weight is 1130 g/mol. The second kappa shape index (κ2) is 20.9. The fraction of sp³-hybridized carbons (Fsp3) is 0.0250. The summed E-state index contributed by atoms with van der Waals surface area (Å²) in [5.74, 6) is 0. The molecule has 6 aromatic heterocycles. The summed E-state index contributed by atoms with van der Waals surface area (Å²) in [6, 6.07) is 95.0. The maximum absolute atomic E-state index is 4.88. The van der Waals surface area contributed by atoms with Gasteiger partial charge in [0.05, 0.1) is 44.8 Å². The van der Waals surface area contributed by atoms with E-state index in [1.54, 1.807) is 0 Å². The Morgan fingerprint density at radius 2 is 0.632 bits per heavy atom. The van der Waals surface area contributed by atoms with E-state index in [1.807, 2.05) is 54.3 Å². The van der Waals surface area contributed by atoms with E-state index in [9.17, 15) is 0 Å². The molecule has 87 heavy (non-hydrogen) atoms. The predicted molar refractivity (Wildman–Crippen MR) is 365 cm³/mol. The van der Waals surface area contributed by atoms with Crippen LogP contribution < -0.4 is 0 Å². The third kappa shape index (κ3) is 8.61. The lowest BCUT2D eigenvalue weighted by molar-refractivity contribution is 1.09. The Kier molecular flexibility index (Phi) is 12.1. The van der Waals surface area contributed by atoms with E-state index >= 15 is 0 Å². The number of allylic oxidation sites excluding steroid dienone is 1. The van der Waals surface area contributed by atoms with Crippen LogP contribution in [0.25, 0.3) is 159 Å². The number of fused-ring (bicyclic) bond motifs is 9. The molecule has 0 unspecified atom stereocenters. The molecule has 6 nitrogen and oxygen atoms in total. The number of hydrogen-bond acceptors (Lipinski definition) is 5. The van der Waals surface area contributed by atoms with Crippen LogP contribution in [0.1, 0.15) is 18.4 Å². The van der Waals surface area contributed by atoms with Crippen LogP contribution in [-0.4, -0.2) is 30.3 Å².